The number of carbonyl (C=O) groups is 5. The lowest BCUT2D eigenvalue weighted by Crippen LogP contribution is -2.14. The maximum absolute atomic E-state index is 12.6. The fourth-order valence-electron chi connectivity index (χ4n) is 8.02. The zero-order valence-corrected chi connectivity index (χ0v) is 50.2. The van der Waals surface area contributed by atoms with Crippen molar-refractivity contribution in [3.05, 3.63) is 170 Å². The summed E-state index contributed by atoms with van der Waals surface area (Å²) in [5.41, 5.74) is 13.6. The molecule has 21 nitrogen and oxygen atoms in total. The molecular weight excluding hydrogens is 1140 g/mol. The summed E-state index contributed by atoms with van der Waals surface area (Å²) in [6.07, 6.45) is 6.78. The molecule has 1 fully saturated rings. The van der Waals surface area contributed by atoms with Crippen LogP contribution in [0.25, 0.3) is 0 Å². The van der Waals surface area contributed by atoms with Gasteiger partial charge in [0, 0.05) is 28.9 Å². The van der Waals surface area contributed by atoms with E-state index in [2.05, 4.69) is 40.5 Å². The third-order valence-electron chi connectivity index (χ3n) is 11.9. The first-order valence-corrected chi connectivity index (χ1v) is 31.7. The number of nitrogen functional groups attached to an aromatic ring is 1. The highest BCUT2D eigenvalue weighted by atomic mass is 32.2. The molecule has 2 aromatic heterocycles. The number of benzene rings is 5. The average Bonchev–Trinajstić information content (AvgIpc) is 4.31. The standard InChI is InChI=1S/C28H32N8O6S4.C11H14O2.C10H13NO2.C9H10O2/c1-45(39,40)35-21-10-6-17(7-11-21)14-23(37)29-27-33-31-25(43-27)19-4-3-5-20(16-19)26-32-34-28(44-26)30-24(38)15-18-8-12-22(13-9-18)36-46(2,41)42;1-3-13-11(12)8-10-6-4-9(2)5-7-10;1-2-13-10(12)7-8-3-5-9(11)6-4-8;1-7-2-4-8(5-3-7)6-9(10)11/h6-13,19-20,35-36H,3-5,14-16H2,1-2H3,(H,29,33,37)(H,30,34,38);4-7H,3,8H2,1-2H3;3-6H,2,7,11H2,1H3;2-5H,6H2,1H3,(H,10,11)/t19-,20-;;;/m0.../s1. The van der Waals surface area contributed by atoms with Crippen molar-refractivity contribution >= 4 is 99.8 Å². The smallest absolute Gasteiger partial charge is 0.310 e. The molecule has 5 aromatic carbocycles. The Labute approximate surface area is 492 Å². The Morgan fingerprint density at radius 1 is 0.530 bits per heavy atom. The molecule has 2 heterocycles. The minimum absolute atomic E-state index is 0.102. The molecule has 2 amide bonds. The van der Waals surface area contributed by atoms with Crippen molar-refractivity contribution < 1.29 is 55.4 Å². The van der Waals surface area contributed by atoms with E-state index in [1.54, 1.807) is 67.6 Å². The van der Waals surface area contributed by atoms with E-state index in [1.165, 1.54) is 28.2 Å². The number of carboxylic acids is 1. The number of amides is 2. The molecule has 83 heavy (non-hydrogen) atoms. The van der Waals surface area contributed by atoms with Gasteiger partial charge in [-0.15, -0.1) is 20.4 Å². The lowest BCUT2D eigenvalue weighted by atomic mass is 9.82. The van der Waals surface area contributed by atoms with E-state index in [4.69, 9.17) is 20.3 Å². The summed E-state index contributed by atoms with van der Waals surface area (Å²) in [5.74, 6) is -1.35. The minimum Gasteiger partial charge on any atom is -0.481 e. The molecule has 2 atom stereocenters. The molecule has 0 bridgehead atoms. The first-order valence-electron chi connectivity index (χ1n) is 26.3. The first kappa shape index (κ1) is 65.7. The Morgan fingerprint density at radius 2 is 0.867 bits per heavy atom. The molecule has 442 valence electrons. The second kappa shape index (κ2) is 32.5. The van der Waals surface area contributed by atoms with Gasteiger partial charge in [-0.05, 0) is 111 Å². The molecule has 7 N–H and O–H groups in total. The van der Waals surface area contributed by atoms with Crippen LogP contribution < -0.4 is 25.8 Å². The van der Waals surface area contributed by atoms with Gasteiger partial charge in [0.05, 0.1) is 57.8 Å². The number of ether oxygens (including phenoxy) is 2. The highest BCUT2D eigenvalue weighted by Gasteiger charge is 2.30. The van der Waals surface area contributed by atoms with Gasteiger partial charge in [-0.1, -0.05) is 125 Å². The van der Waals surface area contributed by atoms with E-state index in [0.717, 1.165) is 81.6 Å². The van der Waals surface area contributed by atoms with Crippen LogP contribution in [0.15, 0.2) is 121 Å². The number of aryl methyl sites for hydroxylation is 2. The largest absolute Gasteiger partial charge is 0.481 e. The predicted octanol–water partition coefficient (Wildman–Crippen LogP) is 9.03. The fraction of sp³-hybridized carbons (Fsp3) is 0.328. The predicted molar refractivity (Wildman–Crippen MR) is 323 cm³/mol. The molecule has 0 spiro atoms. The number of aliphatic carboxylic acids is 1. The molecule has 0 unspecified atom stereocenters. The van der Waals surface area contributed by atoms with Crippen molar-refractivity contribution in [1.29, 1.82) is 0 Å². The van der Waals surface area contributed by atoms with Crippen LogP contribution in [0.5, 0.6) is 0 Å². The number of hydrogen-bond donors (Lipinski definition) is 6. The van der Waals surface area contributed by atoms with Crippen molar-refractivity contribution in [3.8, 4) is 0 Å². The molecule has 0 aliphatic heterocycles. The lowest BCUT2D eigenvalue weighted by Gasteiger charge is -2.25. The third kappa shape index (κ3) is 25.7. The summed E-state index contributed by atoms with van der Waals surface area (Å²) in [7, 11) is -6.75. The molecule has 7 aromatic rings. The van der Waals surface area contributed by atoms with Gasteiger partial charge in [0.15, 0.2) is 0 Å². The molecule has 25 heteroatoms. The Hall–Kier alpha value is -8.13. The molecular formula is C58H69N9O12S4. The number of nitrogens with one attached hydrogen (secondary N) is 4. The van der Waals surface area contributed by atoms with Gasteiger partial charge in [-0.3, -0.25) is 33.4 Å². The summed E-state index contributed by atoms with van der Waals surface area (Å²) >= 11 is 2.70. The van der Waals surface area contributed by atoms with Crippen LogP contribution in [-0.4, -0.2) is 97.8 Å². The number of carboxylic acid groups (broad SMARTS) is 1. The Balaban J connectivity index is 0.000000272. The van der Waals surface area contributed by atoms with Gasteiger partial charge in [-0.2, -0.15) is 0 Å². The van der Waals surface area contributed by atoms with E-state index in [0.29, 0.717) is 53.4 Å². The molecule has 0 saturated heterocycles. The topological polar surface area (TPSA) is 318 Å². The van der Waals surface area contributed by atoms with E-state index in [1.807, 2.05) is 81.4 Å². The van der Waals surface area contributed by atoms with Crippen molar-refractivity contribution in [3.63, 3.8) is 0 Å². The first-order chi connectivity index (χ1) is 39.4. The van der Waals surface area contributed by atoms with E-state index in [-0.39, 0.29) is 54.9 Å². The average molecular weight is 1210 g/mol. The van der Waals surface area contributed by atoms with Crippen LogP contribution in [0.3, 0.4) is 0 Å². The van der Waals surface area contributed by atoms with Gasteiger partial charge < -0.3 is 30.9 Å². The number of esters is 2. The maximum Gasteiger partial charge on any atom is 0.310 e. The third-order valence-corrected chi connectivity index (χ3v) is 15.1. The normalized spacial score (nSPS) is 13.6. The van der Waals surface area contributed by atoms with Gasteiger partial charge in [0.2, 0.25) is 42.1 Å². The van der Waals surface area contributed by atoms with Gasteiger partial charge in [0.25, 0.3) is 0 Å². The molecule has 8 rings (SSSR count). The lowest BCUT2D eigenvalue weighted by molar-refractivity contribution is -0.143. The number of aromatic nitrogens is 4. The monoisotopic (exact) mass is 1210 g/mol. The molecule has 1 saturated carbocycles. The highest BCUT2D eigenvalue weighted by Crippen LogP contribution is 2.43. The zero-order valence-electron chi connectivity index (χ0n) is 46.9. The molecule has 1 aliphatic rings. The highest BCUT2D eigenvalue weighted by molar-refractivity contribution is 7.92. The summed E-state index contributed by atoms with van der Waals surface area (Å²) < 4.78 is 59.9. The van der Waals surface area contributed by atoms with E-state index >= 15 is 0 Å². The quantitative estimate of drug-likeness (QED) is 0.0306. The van der Waals surface area contributed by atoms with Crippen molar-refractivity contribution in [2.75, 3.05) is 51.5 Å². The van der Waals surface area contributed by atoms with Crippen LogP contribution in [0.1, 0.15) is 100 Å². The number of anilines is 5. The zero-order chi connectivity index (χ0) is 60.5. The van der Waals surface area contributed by atoms with Crippen molar-refractivity contribution in [2.24, 2.45) is 0 Å². The van der Waals surface area contributed by atoms with Gasteiger partial charge in [0.1, 0.15) is 10.0 Å². The van der Waals surface area contributed by atoms with Crippen LogP contribution in [0, 0.1) is 13.8 Å². The Bertz CT molecular complexity index is 3250. The van der Waals surface area contributed by atoms with Crippen LogP contribution in [0.2, 0.25) is 0 Å². The number of carbonyl (C=O) groups excluding carboxylic acids is 4. The number of rotatable bonds is 20. The summed E-state index contributed by atoms with van der Waals surface area (Å²) in [4.78, 5) is 57.6. The van der Waals surface area contributed by atoms with E-state index in [9.17, 15) is 40.8 Å². The van der Waals surface area contributed by atoms with Gasteiger partial charge >= 0.3 is 17.9 Å². The number of sulfonamides is 2. The Kier molecular flexibility index (Phi) is 25.7. The van der Waals surface area contributed by atoms with E-state index < -0.39 is 26.0 Å². The number of hydrogen-bond acceptors (Lipinski definition) is 18. The SMILES string of the molecule is CCOC(=O)Cc1ccc(C)cc1.CCOC(=O)Cc1ccc(N)cc1.CS(=O)(=O)Nc1ccc(CC(=O)Nc2nnc([C@H]3CCC[C@H](c4nnc(NC(=O)Cc5ccc(NS(C)(=O)=O)cc5)s4)C3)s2)cc1.Cc1ccc(CC(=O)O)cc1. The second-order valence-corrected chi connectivity index (χ2v) is 24.8. The molecule has 1 aliphatic carbocycles. The van der Waals surface area contributed by atoms with Crippen LogP contribution in [-0.2, 0) is 85.6 Å². The summed E-state index contributed by atoms with van der Waals surface area (Å²) in [6.45, 7) is 8.48. The van der Waals surface area contributed by atoms with Crippen molar-refractivity contribution in [2.45, 2.75) is 97.3 Å². The molecule has 0 radical (unpaired) electrons. The Morgan fingerprint density at radius 3 is 1.22 bits per heavy atom. The number of nitrogens with two attached hydrogens (primary N) is 1. The summed E-state index contributed by atoms with van der Waals surface area (Å²) in [6, 6.07) is 35.7. The van der Waals surface area contributed by atoms with Crippen molar-refractivity contribution in [1.82, 2.24) is 20.4 Å². The summed E-state index contributed by atoms with van der Waals surface area (Å²) in [5, 5.41) is 33.6. The second-order valence-electron chi connectivity index (χ2n) is 19.3. The van der Waals surface area contributed by atoms with Gasteiger partial charge in [-0.25, -0.2) is 16.8 Å². The minimum atomic E-state index is -3.38. The maximum atomic E-state index is 12.6. The fourth-order valence-corrected chi connectivity index (χ4v) is 11.0. The number of nitrogens with zero attached hydrogens (tertiary/aromatic N) is 4. The van der Waals surface area contributed by atoms with Crippen LogP contribution >= 0.6 is 22.7 Å². The van der Waals surface area contributed by atoms with Crippen LogP contribution in [0.4, 0.5) is 27.3 Å².